The Bertz CT molecular complexity index is 854. The summed E-state index contributed by atoms with van der Waals surface area (Å²) in [7, 11) is 3.59. The number of benzene rings is 1. The number of hydrogen-bond donors (Lipinski definition) is 0. The predicted octanol–water partition coefficient (Wildman–Crippen LogP) is 2.00. The number of para-hydroxylation sites is 2. The van der Waals surface area contributed by atoms with Crippen molar-refractivity contribution in [1.82, 2.24) is 14.9 Å². The van der Waals surface area contributed by atoms with Crippen molar-refractivity contribution in [3.05, 3.63) is 36.7 Å². The zero-order chi connectivity index (χ0) is 20.2. The van der Waals surface area contributed by atoms with Crippen molar-refractivity contribution in [2.24, 2.45) is 5.92 Å². The van der Waals surface area contributed by atoms with Crippen LogP contribution in [0.3, 0.4) is 0 Å². The molecule has 1 saturated heterocycles. The molecule has 0 bridgehead atoms. The zero-order valence-electron chi connectivity index (χ0n) is 16.8. The van der Waals surface area contributed by atoms with Crippen molar-refractivity contribution >= 4 is 11.7 Å². The highest BCUT2D eigenvalue weighted by Gasteiger charge is 2.33. The fourth-order valence-corrected chi connectivity index (χ4v) is 3.88. The normalized spacial score (nSPS) is 19.0. The number of fused-ring (bicyclic) bond motifs is 1. The first-order chi connectivity index (χ1) is 14.2. The maximum atomic E-state index is 12.9. The smallest absolute Gasteiger partial charge is 0.267 e. The van der Waals surface area contributed by atoms with Gasteiger partial charge in [0.15, 0.2) is 17.3 Å². The topological polar surface area (TPSA) is 77.0 Å². The first-order valence-corrected chi connectivity index (χ1v) is 9.89. The number of nitrogens with zero attached hydrogens (tertiary/aromatic N) is 4. The predicted molar refractivity (Wildman–Crippen MR) is 108 cm³/mol. The molecule has 29 heavy (non-hydrogen) atoms. The summed E-state index contributed by atoms with van der Waals surface area (Å²) in [6.07, 6.45) is 4.58. The Hall–Kier alpha value is -3.03. The van der Waals surface area contributed by atoms with E-state index in [1.807, 2.05) is 36.2 Å². The highest BCUT2D eigenvalue weighted by molar-refractivity contribution is 5.82. The molecule has 1 atom stereocenters. The van der Waals surface area contributed by atoms with E-state index < -0.39 is 6.10 Å². The lowest BCUT2D eigenvalue weighted by atomic mass is 9.96. The zero-order valence-corrected chi connectivity index (χ0v) is 16.8. The fraction of sp³-hybridized carbons (Fsp3) is 0.476. The minimum atomic E-state index is -0.576. The third kappa shape index (κ3) is 4.21. The number of rotatable bonds is 5. The van der Waals surface area contributed by atoms with Gasteiger partial charge in [-0.05, 0) is 30.9 Å². The molecular weight excluding hydrogens is 372 g/mol. The molecule has 0 radical (unpaired) electrons. The molecule has 1 aromatic heterocycles. The number of aromatic nitrogens is 2. The van der Waals surface area contributed by atoms with E-state index in [1.54, 1.807) is 19.5 Å². The average Bonchev–Trinajstić information content (AvgIpc) is 2.78. The molecule has 2 aliphatic heterocycles. The molecule has 8 nitrogen and oxygen atoms in total. The summed E-state index contributed by atoms with van der Waals surface area (Å²) in [6.45, 7) is 2.53. The Kier molecular flexibility index (Phi) is 5.69. The van der Waals surface area contributed by atoms with E-state index in [9.17, 15) is 4.79 Å². The maximum Gasteiger partial charge on any atom is 0.267 e. The second-order valence-corrected chi connectivity index (χ2v) is 7.40. The van der Waals surface area contributed by atoms with Crippen LogP contribution < -0.4 is 19.1 Å². The fourth-order valence-electron chi connectivity index (χ4n) is 3.88. The molecule has 3 heterocycles. The Morgan fingerprint density at radius 2 is 1.93 bits per heavy atom. The standard InChI is InChI=1S/C21H26N4O4/c1-24(19-20(27-2)23-10-9-22-19)13-15-7-11-25(12-8-15)21(26)18-14-28-16-5-3-4-6-17(16)29-18/h3-6,9-10,15,18H,7-8,11-14H2,1-2H3. The SMILES string of the molecule is COc1nccnc1N(C)CC1CCN(C(=O)C2COc3ccccc3O2)CC1. The van der Waals surface area contributed by atoms with Gasteiger partial charge in [0.05, 0.1) is 7.11 Å². The molecule has 0 N–H and O–H groups in total. The molecule has 154 valence electrons. The van der Waals surface area contributed by atoms with Gasteiger partial charge in [-0.1, -0.05) is 12.1 Å². The molecule has 1 unspecified atom stereocenters. The lowest BCUT2D eigenvalue weighted by Crippen LogP contribution is -2.49. The summed E-state index contributed by atoms with van der Waals surface area (Å²) < 4.78 is 16.9. The summed E-state index contributed by atoms with van der Waals surface area (Å²) >= 11 is 0. The van der Waals surface area contributed by atoms with Gasteiger partial charge in [-0.3, -0.25) is 4.79 Å². The number of piperidine rings is 1. The number of ether oxygens (including phenoxy) is 3. The van der Waals surface area contributed by atoms with Crippen LogP contribution in [-0.4, -0.2) is 67.3 Å². The van der Waals surface area contributed by atoms with Crippen LogP contribution in [0.1, 0.15) is 12.8 Å². The quantitative estimate of drug-likeness (QED) is 0.762. The molecule has 0 spiro atoms. The van der Waals surface area contributed by atoms with E-state index in [-0.39, 0.29) is 12.5 Å². The van der Waals surface area contributed by atoms with Crippen LogP contribution in [-0.2, 0) is 4.79 Å². The first-order valence-electron chi connectivity index (χ1n) is 9.89. The van der Waals surface area contributed by atoms with Gasteiger partial charge >= 0.3 is 0 Å². The Labute approximate surface area is 170 Å². The monoisotopic (exact) mass is 398 g/mol. The minimum absolute atomic E-state index is 0.00176. The number of likely N-dealkylation sites (tertiary alicyclic amines) is 1. The van der Waals surface area contributed by atoms with Crippen LogP contribution in [0, 0.1) is 5.92 Å². The van der Waals surface area contributed by atoms with Crippen molar-refractivity contribution in [2.45, 2.75) is 18.9 Å². The van der Waals surface area contributed by atoms with Crippen LogP contribution in [0.25, 0.3) is 0 Å². The van der Waals surface area contributed by atoms with E-state index in [1.165, 1.54) is 0 Å². The number of methoxy groups -OCH3 is 1. The van der Waals surface area contributed by atoms with Crippen molar-refractivity contribution in [2.75, 3.05) is 45.3 Å². The van der Waals surface area contributed by atoms with Gasteiger partial charge in [0.2, 0.25) is 6.10 Å². The summed E-state index contributed by atoms with van der Waals surface area (Å²) in [5.74, 6) is 3.06. The third-order valence-corrected chi connectivity index (χ3v) is 5.44. The second kappa shape index (κ2) is 8.55. The minimum Gasteiger partial charge on any atom is -0.485 e. The molecule has 2 aromatic rings. The van der Waals surface area contributed by atoms with Crippen molar-refractivity contribution in [1.29, 1.82) is 0 Å². The van der Waals surface area contributed by atoms with Crippen molar-refractivity contribution in [3.63, 3.8) is 0 Å². The van der Waals surface area contributed by atoms with E-state index in [2.05, 4.69) is 14.9 Å². The van der Waals surface area contributed by atoms with E-state index >= 15 is 0 Å². The maximum absolute atomic E-state index is 12.9. The summed E-state index contributed by atoms with van der Waals surface area (Å²) in [5, 5.41) is 0. The number of anilines is 1. The van der Waals surface area contributed by atoms with Crippen molar-refractivity contribution in [3.8, 4) is 17.4 Å². The molecule has 4 rings (SSSR count). The van der Waals surface area contributed by atoms with Gasteiger partial charge in [0.1, 0.15) is 6.61 Å². The molecule has 0 saturated carbocycles. The summed E-state index contributed by atoms with van der Waals surface area (Å²) in [4.78, 5) is 25.4. The third-order valence-electron chi connectivity index (χ3n) is 5.44. The van der Waals surface area contributed by atoms with Gasteiger partial charge in [0, 0.05) is 39.1 Å². The highest BCUT2D eigenvalue weighted by atomic mass is 16.6. The largest absolute Gasteiger partial charge is 0.485 e. The molecule has 1 amide bonds. The van der Waals surface area contributed by atoms with Gasteiger partial charge in [-0.2, -0.15) is 0 Å². The molecule has 1 fully saturated rings. The Balaban J connectivity index is 1.30. The Morgan fingerprint density at radius 1 is 1.21 bits per heavy atom. The average molecular weight is 398 g/mol. The van der Waals surface area contributed by atoms with E-state index in [0.717, 1.165) is 38.3 Å². The van der Waals surface area contributed by atoms with Gasteiger partial charge in [0.25, 0.3) is 11.8 Å². The molecule has 0 aliphatic carbocycles. The Morgan fingerprint density at radius 3 is 2.69 bits per heavy atom. The van der Waals surface area contributed by atoms with Gasteiger partial charge in [-0.15, -0.1) is 0 Å². The number of amides is 1. The van der Waals surface area contributed by atoms with Gasteiger partial charge in [-0.25, -0.2) is 9.97 Å². The number of hydrogen-bond acceptors (Lipinski definition) is 7. The number of carbonyl (C=O) groups excluding carboxylic acids is 1. The van der Waals surface area contributed by atoms with Crippen LogP contribution in [0.5, 0.6) is 17.4 Å². The first kappa shape index (κ1) is 19.3. The molecule has 2 aliphatic rings. The van der Waals surface area contributed by atoms with E-state index in [0.29, 0.717) is 23.3 Å². The lowest BCUT2D eigenvalue weighted by Gasteiger charge is -2.36. The second-order valence-electron chi connectivity index (χ2n) is 7.40. The molecule has 1 aromatic carbocycles. The lowest BCUT2D eigenvalue weighted by molar-refractivity contribution is -0.142. The molecule has 8 heteroatoms. The van der Waals surface area contributed by atoms with Crippen molar-refractivity contribution < 1.29 is 19.0 Å². The van der Waals surface area contributed by atoms with Crippen LogP contribution >= 0.6 is 0 Å². The summed E-state index contributed by atoms with van der Waals surface area (Å²) in [5.41, 5.74) is 0. The van der Waals surface area contributed by atoms with E-state index in [4.69, 9.17) is 14.2 Å². The van der Waals surface area contributed by atoms with Gasteiger partial charge < -0.3 is 24.0 Å². The van der Waals surface area contributed by atoms with Crippen LogP contribution in [0.4, 0.5) is 5.82 Å². The highest BCUT2D eigenvalue weighted by Crippen LogP contribution is 2.32. The molecular formula is C21H26N4O4. The van der Waals surface area contributed by atoms with Crippen LogP contribution in [0.2, 0.25) is 0 Å². The number of carbonyl (C=O) groups is 1. The van der Waals surface area contributed by atoms with Crippen LogP contribution in [0.15, 0.2) is 36.7 Å². The summed E-state index contributed by atoms with van der Waals surface area (Å²) in [6, 6.07) is 7.45.